The molecule has 1 fully saturated rings. The molecule has 1 aliphatic heterocycles. The normalized spacial score (nSPS) is 23.4. The number of rotatable bonds is 3. The Bertz CT molecular complexity index is 589. The molecule has 116 valence electrons. The Morgan fingerprint density at radius 3 is 1.95 bits per heavy atom. The number of benzene rings is 2. The summed E-state index contributed by atoms with van der Waals surface area (Å²) in [6, 6.07) is 22.3. The number of hydrogen-bond donors (Lipinski definition) is 1. The van der Waals surface area contributed by atoms with Crippen molar-refractivity contribution in [2.75, 3.05) is 34.2 Å². The highest BCUT2D eigenvalue weighted by Crippen LogP contribution is 2.37. The van der Waals surface area contributed by atoms with Crippen LogP contribution in [0.3, 0.4) is 0 Å². The van der Waals surface area contributed by atoms with E-state index in [2.05, 4.69) is 92.1 Å². The quantitative estimate of drug-likeness (QED) is 0.876. The molecule has 2 aromatic carbocycles. The SMILES string of the molecule is C[N+](C)(C)N1CCNC(c2ccccc2)C1c1ccccc1. The fraction of sp³-hybridized carbons (Fsp3) is 0.368. The van der Waals surface area contributed by atoms with Gasteiger partial charge in [-0.15, -0.1) is 5.01 Å². The summed E-state index contributed by atoms with van der Waals surface area (Å²) in [4.78, 5) is 0. The molecule has 1 N–H and O–H groups in total. The molecule has 3 heteroatoms. The molecule has 22 heavy (non-hydrogen) atoms. The molecule has 0 radical (unpaired) electrons. The summed E-state index contributed by atoms with van der Waals surface area (Å²) in [5.41, 5.74) is 2.73. The van der Waals surface area contributed by atoms with Gasteiger partial charge in [0.1, 0.15) is 6.04 Å². The molecule has 1 heterocycles. The van der Waals surface area contributed by atoms with E-state index in [4.69, 9.17) is 0 Å². The van der Waals surface area contributed by atoms with E-state index in [1.54, 1.807) is 0 Å². The van der Waals surface area contributed by atoms with Crippen molar-refractivity contribution in [3.8, 4) is 0 Å². The van der Waals surface area contributed by atoms with Gasteiger partial charge in [-0.05, 0) is 11.1 Å². The van der Waals surface area contributed by atoms with Crippen LogP contribution in [0.15, 0.2) is 60.7 Å². The maximum Gasteiger partial charge on any atom is 0.103 e. The van der Waals surface area contributed by atoms with Gasteiger partial charge in [-0.25, -0.2) is 4.59 Å². The van der Waals surface area contributed by atoms with Crippen LogP contribution >= 0.6 is 0 Å². The Morgan fingerprint density at radius 1 is 0.864 bits per heavy atom. The number of quaternary nitrogens is 1. The Morgan fingerprint density at radius 2 is 1.41 bits per heavy atom. The molecule has 0 bridgehead atoms. The van der Waals surface area contributed by atoms with Crippen molar-refractivity contribution in [1.82, 2.24) is 10.3 Å². The number of nitrogens with zero attached hydrogens (tertiary/aromatic N) is 2. The minimum Gasteiger partial charge on any atom is -0.307 e. The predicted octanol–water partition coefficient (Wildman–Crippen LogP) is 3.00. The van der Waals surface area contributed by atoms with Crippen LogP contribution in [0.25, 0.3) is 0 Å². The van der Waals surface area contributed by atoms with E-state index in [-0.39, 0.29) is 0 Å². The molecule has 1 aliphatic rings. The van der Waals surface area contributed by atoms with E-state index in [1.807, 2.05) is 0 Å². The van der Waals surface area contributed by atoms with Gasteiger partial charge in [-0.2, -0.15) is 0 Å². The van der Waals surface area contributed by atoms with Crippen molar-refractivity contribution in [2.45, 2.75) is 12.1 Å². The molecule has 3 rings (SSSR count). The lowest BCUT2D eigenvalue weighted by atomic mass is 9.91. The van der Waals surface area contributed by atoms with Crippen LogP contribution in [0.2, 0.25) is 0 Å². The van der Waals surface area contributed by atoms with Crippen molar-refractivity contribution in [3.05, 3.63) is 71.8 Å². The molecule has 2 aromatic rings. The second-order valence-electron chi connectivity index (χ2n) is 6.80. The topological polar surface area (TPSA) is 15.3 Å². The Kier molecular flexibility index (Phi) is 4.30. The molecule has 1 saturated heterocycles. The first-order valence-corrected chi connectivity index (χ1v) is 7.99. The van der Waals surface area contributed by atoms with Gasteiger partial charge in [0.05, 0.1) is 33.7 Å². The monoisotopic (exact) mass is 296 g/mol. The van der Waals surface area contributed by atoms with Crippen LogP contribution in [0, 0.1) is 0 Å². The van der Waals surface area contributed by atoms with Crippen LogP contribution in [-0.4, -0.2) is 43.8 Å². The molecule has 0 aromatic heterocycles. The highest BCUT2D eigenvalue weighted by Gasteiger charge is 2.40. The fourth-order valence-electron chi connectivity index (χ4n) is 3.41. The van der Waals surface area contributed by atoms with Crippen molar-refractivity contribution < 1.29 is 4.59 Å². The second-order valence-corrected chi connectivity index (χ2v) is 6.80. The first-order valence-electron chi connectivity index (χ1n) is 7.99. The molecule has 2 atom stereocenters. The van der Waals surface area contributed by atoms with E-state index in [0.29, 0.717) is 12.1 Å². The van der Waals surface area contributed by atoms with E-state index < -0.39 is 0 Å². The third kappa shape index (κ3) is 3.07. The average molecular weight is 296 g/mol. The molecule has 0 amide bonds. The zero-order valence-electron chi connectivity index (χ0n) is 13.7. The predicted molar refractivity (Wildman–Crippen MR) is 91.1 cm³/mol. The summed E-state index contributed by atoms with van der Waals surface area (Å²) >= 11 is 0. The summed E-state index contributed by atoms with van der Waals surface area (Å²) < 4.78 is 0.838. The number of piperazine rings is 1. The summed E-state index contributed by atoms with van der Waals surface area (Å²) in [5.74, 6) is 0. The van der Waals surface area contributed by atoms with E-state index in [1.165, 1.54) is 11.1 Å². The Hall–Kier alpha value is -1.68. The maximum absolute atomic E-state index is 3.73. The lowest BCUT2D eigenvalue weighted by molar-refractivity contribution is -0.993. The highest BCUT2D eigenvalue weighted by atomic mass is 15.7. The minimum atomic E-state index is 0.315. The van der Waals surface area contributed by atoms with Gasteiger partial charge in [-0.3, -0.25) is 0 Å². The van der Waals surface area contributed by atoms with Gasteiger partial charge in [0.25, 0.3) is 0 Å². The van der Waals surface area contributed by atoms with Crippen LogP contribution in [-0.2, 0) is 0 Å². The van der Waals surface area contributed by atoms with Gasteiger partial charge in [-0.1, -0.05) is 60.7 Å². The van der Waals surface area contributed by atoms with Crippen molar-refractivity contribution in [1.29, 1.82) is 0 Å². The molecular weight excluding hydrogens is 270 g/mol. The van der Waals surface area contributed by atoms with E-state index in [9.17, 15) is 0 Å². The average Bonchev–Trinajstić information content (AvgIpc) is 2.55. The number of hydrogen-bond acceptors (Lipinski definition) is 2. The van der Waals surface area contributed by atoms with Crippen LogP contribution < -0.4 is 5.32 Å². The standard InChI is InChI=1S/C19H26N3/c1-22(2,3)21-15-14-20-18(16-10-6-4-7-11-16)19(21)17-12-8-5-9-13-17/h4-13,18-20H,14-15H2,1-3H3/q+1. The van der Waals surface area contributed by atoms with Crippen molar-refractivity contribution in [2.24, 2.45) is 0 Å². The van der Waals surface area contributed by atoms with Crippen LogP contribution in [0.4, 0.5) is 0 Å². The number of nitrogens with one attached hydrogen (secondary N) is 1. The molecule has 3 nitrogen and oxygen atoms in total. The largest absolute Gasteiger partial charge is 0.307 e. The highest BCUT2D eigenvalue weighted by molar-refractivity contribution is 5.28. The smallest absolute Gasteiger partial charge is 0.103 e. The second kappa shape index (κ2) is 6.21. The van der Waals surface area contributed by atoms with Gasteiger partial charge in [0.2, 0.25) is 0 Å². The molecular formula is C19H26N3+. The van der Waals surface area contributed by atoms with Gasteiger partial charge in [0, 0.05) is 6.54 Å². The molecule has 0 aliphatic carbocycles. The maximum atomic E-state index is 3.73. The van der Waals surface area contributed by atoms with Crippen molar-refractivity contribution >= 4 is 0 Å². The third-order valence-electron chi connectivity index (χ3n) is 4.41. The zero-order chi connectivity index (χ0) is 15.6. The zero-order valence-corrected chi connectivity index (χ0v) is 13.7. The summed E-state index contributed by atoms with van der Waals surface area (Å²) in [6.45, 7) is 2.06. The van der Waals surface area contributed by atoms with Gasteiger partial charge < -0.3 is 5.32 Å². The lowest BCUT2D eigenvalue weighted by Crippen LogP contribution is -2.60. The van der Waals surface area contributed by atoms with Crippen LogP contribution in [0.1, 0.15) is 23.2 Å². The summed E-state index contributed by atoms with van der Waals surface area (Å²) in [7, 11) is 6.76. The first-order chi connectivity index (χ1) is 10.6. The Labute approximate surface area is 133 Å². The van der Waals surface area contributed by atoms with E-state index >= 15 is 0 Å². The Balaban J connectivity index is 2.04. The molecule has 2 unspecified atom stereocenters. The lowest BCUT2D eigenvalue weighted by Gasteiger charge is -2.48. The van der Waals surface area contributed by atoms with Crippen molar-refractivity contribution in [3.63, 3.8) is 0 Å². The third-order valence-corrected chi connectivity index (χ3v) is 4.41. The summed E-state index contributed by atoms with van der Waals surface area (Å²) in [5, 5.41) is 6.31. The van der Waals surface area contributed by atoms with E-state index in [0.717, 1.165) is 17.7 Å². The molecule has 0 saturated carbocycles. The summed E-state index contributed by atoms with van der Waals surface area (Å²) in [6.07, 6.45) is 0. The molecule has 0 spiro atoms. The van der Waals surface area contributed by atoms with Gasteiger partial charge >= 0.3 is 0 Å². The fourth-order valence-corrected chi connectivity index (χ4v) is 3.41. The van der Waals surface area contributed by atoms with Crippen LogP contribution in [0.5, 0.6) is 0 Å². The van der Waals surface area contributed by atoms with Gasteiger partial charge in [0.15, 0.2) is 0 Å². The minimum absolute atomic E-state index is 0.315. The first kappa shape index (κ1) is 15.2.